The number of ether oxygens (including phenoxy) is 1. The molecule has 4 rings (SSSR count). The van der Waals surface area contributed by atoms with Crippen LogP contribution in [0.2, 0.25) is 0 Å². The summed E-state index contributed by atoms with van der Waals surface area (Å²) in [6.45, 7) is 2.61. The van der Waals surface area contributed by atoms with Gasteiger partial charge in [0, 0.05) is 12.3 Å². The van der Waals surface area contributed by atoms with Gasteiger partial charge in [-0.2, -0.15) is 0 Å². The normalized spacial score (nSPS) is 12.2. The number of rotatable bonds is 7. The Morgan fingerprint density at radius 3 is 2.33 bits per heavy atom. The van der Waals surface area contributed by atoms with Crippen LogP contribution in [0.3, 0.4) is 0 Å². The molecule has 2 heterocycles. The number of para-hydroxylation sites is 2. The zero-order chi connectivity index (χ0) is 21.1. The zero-order valence-corrected chi connectivity index (χ0v) is 17.2. The smallest absolute Gasteiger partial charge is 0.212 e. The minimum absolute atomic E-state index is 0.0683. The molecule has 1 unspecified atom stereocenters. The molecule has 0 radical (unpaired) electrons. The van der Waals surface area contributed by atoms with Crippen molar-refractivity contribution in [3.63, 3.8) is 0 Å². The van der Waals surface area contributed by atoms with Crippen LogP contribution in [0.1, 0.15) is 22.7 Å². The predicted octanol–water partition coefficient (Wildman–Crippen LogP) is 3.46. The van der Waals surface area contributed by atoms with Gasteiger partial charge in [-0.25, -0.2) is 4.98 Å². The number of nitrogens with zero attached hydrogens (tertiary/aromatic N) is 3. The summed E-state index contributed by atoms with van der Waals surface area (Å²) in [5.74, 6) is 0.558. The van der Waals surface area contributed by atoms with Gasteiger partial charge in [-0.1, -0.05) is 48.0 Å². The van der Waals surface area contributed by atoms with E-state index >= 15 is 0 Å². The molecule has 0 amide bonds. The maximum Gasteiger partial charge on any atom is 0.212 e. The molecule has 30 heavy (non-hydrogen) atoms. The largest absolute Gasteiger partial charge is 0.481 e. The van der Waals surface area contributed by atoms with E-state index in [9.17, 15) is 5.11 Å². The van der Waals surface area contributed by atoms with Gasteiger partial charge in [-0.3, -0.25) is 5.41 Å². The minimum Gasteiger partial charge on any atom is -0.481 e. The van der Waals surface area contributed by atoms with E-state index in [1.807, 2.05) is 45.5 Å². The fourth-order valence-corrected chi connectivity index (χ4v) is 3.82. The molecule has 0 fully saturated rings. The number of pyridine rings is 1. The monoisotopic (exact) mass is 402 g/mol. The molecule has 0 aliphatic rings. The summed E-state index contributed by atoms with van der Waals surface area (Å²) in [7, 11) is 1.59. The third kappa shape index (κ3) is 3.86. The van der Waals surface area contributed by atoms with Crippen LogP contribution in [-0.4, -0.2) is 32.9 Å². The lowest BCUT2D eigenvalue weighted by Crippen LogP contribution is -2.30. The highest BCUT2D eigenvalue weighted by molar-refractivity contribution is 5.76. The van der Waals surface area contributed by atoms with Gasteiger partial charge in [0.15, 0.2) is 0 Å². The Hall–Kier alpha value is -3.38. The molecule has 154 valence electrons. The molecule has 0 aliphatic carbocycles. The van der Waals surface area contributed by atoms with Gasteiger partial charge >= 0.3 is 0 Å². The SMILES string of the molecule is COc1ccc(CC(CO)n2c(=N)n(Cc3ccc(C)cc3)c3ccccc32)cn1. The maximum atomic E-state index is 10.2. The van der Waals surface area contributed by atoms with Crippen LogP contribution < -0.4 is 10.4 Å². The van der Waals surface area contributed by atoms with Crippen molar-refractivity contribution in [2.75, 3.05) is 13.7 Å². The number of aliphatic hydroxyl groups is 1. The second kappa shape index (κ2) is 8.55. The quantitative estimate of drug-likeness (QED) is 0.497. The van der Waals surface area contributed by atoms with Crippen LogP contribution in [-0.2, 0) is 13.0 Å². The van der Waals surface area contributed by atoms with E-state index in [-0.39, 0.29) is 12.6 Å². The van der Waals surface area contributed by atoms with E-state index in [1.54, 1.807) is 13.3 Å². The van der Waals surface area contributed by atoms with Crippen molar-refractivity contribution in [3.8, 4) is 5.88 Å². The average Bonchev–Trinajstić information content (AvgIpc) is 3.05. The molecule has 0 bridgehead atoms. The van der Waals surface area contributed by atoms with Crippen LogP contribution in [0.4, 0.5) is 0 Å². The van der Waals surface area contributed by atoms with Gasteiger partial charge in [0.2, 0.25) is 11.5 Å². The second-order valence-electron chi connectivity index (χ2n) is 7.50. The summed E-state index contributed by atoms with van der Waals surface area (Å²) in [4.78, 5) is 4.27. The first-order valence-corrected chi connectivity index (χ1v) is 10.0. The van der Waals surface area contributed by atoms with E-state index in [1.165, 1.54) is 5.56 Å². The number of hydrogen-bond donors (Lipinski definition) is 2. The number of methoxy groups -OCH3 is 1. The van der Waals surface area contributed by atoms with Crippen molar-refractivity contribution in [1.82, 2.24) is 14.1 Å². The lowest BCUT2D eigenvalue weighted by molar-refractivity contribution is 0.225. The molecule has 0 spiro atoms. The first-order valence-electron chi connectivity index (χ1n) is 10.0. The van der Waals surface area contributed by atoms with Gasteiger partial charge in [-0.05, 0) is 36.6 Å². The van der Waals surface area contributed by atoms with E-state index in [0.717, 1.165) is 22.2 Å². The molecule has 0 saturated heterocycles. The summed E-state index contributed by atoms with van der Waals surface area (Å²) in [5, 5.41) is 19.1. The van der Waals surface area contributed by atoms with Crippen molar-refractivity contribution in [2.45, 2.75) is 25.9 Å². The Bertz CT molecular complexity index is 1190. The molecule has 1 atom stereocenters. The average molecular weight is 402 g/mol. The van der Waals surface area contributed by atoms with Gasteiger partial charge in [0.1, 0.15) is 0 Å². The van der Waals surface area contributed by atoms with Crippen molar-refractivity contribution >= 4 is 11.0 Å². The van der Waals surface area contributed by atoms with Crippen LogP contribution in [0.25, 0.3) is 11.0 Å². The Kier molecular flexibility index (Phi) is 5.68. The second-order valence-corrected chi connectivity index (χ2v) is 7.50. The van der Waals surface area contributed by atoms with Gasteiger partial charge < -0.3 is 19.0 Å². The van der Waals surface area contributed by atoms with Gasteiger partial charge in [0.25, 0.3) is 0 Å². The molecular weight excluding hydrogens is 376 g/mol. The predicted molar refractivity (Wildman–Crippen MR) is 117 cm³/mol. The third-order valence-corrected chi connectivity index (χ3v) is 5.43. The number of imidazole rings is 1. The molecule has 0 saturated carbocycles. The Labute approximate surface area is 175 Å². The number of benzene rings is 2. The summed E-state index contributed by atoms with van der Waals surface area (Å²) < 4.78 is 9.05. The number of hydrogen-bond acceptors (Lipinski definition) is 4. The van der Waals surface area contributed by atoms with Crippen molar-refractivity contribution < 1.29 is 9.84 Å². The first kappa shape index (κ1) is 19.9. The molecule has 2 N–H and O–H groups in total. The molecule has 4 aromatic rings. The molecule has 2 aromatic carbocycles. The van der Waals surface area contributed by atoms with Crippen LogP contribution in [0.5, 0.6) is 5.88 Å². The van der Waals surface area contributed by atoms with E-state index in [4.69, 9.17) is 10.1 Å². The van der Waals surface area contributed by atoms with Gasteiger partial charge in [-0.15, -0.1) is 0 Å². The van der Waals surface area contributed by atoms with Crippen LogP contribution >= 0.6 is 0 Å². The third-order valence-electron chi connectivity index (χ3n) is 5.43. The zero-order valence-electron chi connectivity index (χ0n) is 17.2. The van der Waals surface area contributed by atoms with Crippen LogP contribution in [0.15, 0.2) is 66.9 Å². The van der Waals surface area contributed by atoms with E-state index < -0.39 is 0 Å². The lowest BCUT2D eigenvalue weighted by Gasteiger charge is -2.17. The molecular formula is C24H26N4O2. The maximum absolute atomic E-state index is 10.2. The molecule has 0 aliphatic heterocycles. The molecule has 6 heteroatoms. The number of aromatic nitrogens is 3. The van der Waals surface area contributed by atoms with Crippen molar-refractivity contribution in [3.05, 3.63) is 89.2 Å². The molecule has 2 aromatic heterocycles. The number of nitrogens with one attached hydrogen (secondary N) is 1. The van der Waals surface area contributed by atoms with Crippen molar-refractivity contribution in [1.29, 1.82) is 5.41 Å². The lowest BCUT2D eigenvalue weighted by atomic mass is 10.1. The Balaban J connectivity index is 1.74. The topological polar surface area (TPSA) is 76.1 Å². The number of aliphatic hydroxyl groups excluding tert-OH is 1. The highest BCUT2D eigenvalue weighted by Gasteiger charge is 2.19. The first-order chi connectivity index (χ1) is 14.6. The summed E-state index contributed by atoms with van der Waals surface area (Å²) >= 11 is 0. The van der Waals surface area contributed by atoms with E-state index in [0.29, 0.717) is 24.5 Å². The summed E-state index contributed by atoms with van der Waals surface area (Å²) in [6, 6.07) is 19.9. The van der Waals surface area contributed by atoms with Crippen molar-refractivity contribution in [2.24, 2.45) is 0 Å². The van der Waals surface area contributed by atoms with Crippen LogP contribution in [0, 0.1) is 12.3 Å². The Morgan fingerprint density at radius 2 is 1.70 bits per heavy atom. The fraction of sp³-hybridized carbons (Fsp3) is 0.250. The minimum atomic E-state index is -0.267. The standard InChI is InChI=1S/C24H26N4O2/c1-17-7-9-18(10-8-17)15-27-21-5-3-4-6-22(21)28(24(27)25)20(16-29)13-19-11-12-23(30-2)26-14-19/h3-12,14,20,25,29H,13,15-16H2,1-2H3. The summed E-state index contributed by atoms with van der Waals surface area (Å²) in [6.07, 6.45) is 2.33. The number of aryl methyl sites for hydroxylation is 1. The highest BCUT2D eigenvalue weighted by atomic mass is 16.5. The highest BCUT2D eigenvalue weighted by Crippen LogP contribution is 2.21. The van der Waals surface area contributed by atoms with E-state index in [2.05, 4.69) is 36.2 Å². The molecule has 6 nitrogen and oxygen atoms in total. The summed E-state index contributed by atoms with van der Waals surface area (Å²) in [5.41, 5.74) is 5.63. The number of fused-ring (bicyclic) bond motifs is 1. The van der Waals surface area contributed by atoms with Gasteiger partial charge in [0.05, 0.1) is 37.3 Å². The Morgan fingerprint density at radius 1 is 1.00 bits per heavy atom. The fourth-order valence-electron chi connectivity index (χ4n) is 3.82.